The molecule has 0 aliphatic carbocycles. The molecule has 0 spiro atoms. The first-order valence-corrected chi connectivity index (χ1v) is 7.12. The average Bonchev–Trinajstić information content (AvgIpc) is 2.76. The van der Waals surface area contributed by atoms with Gasteiger partial charge in [-0.05, 0) is 38.9 Å². The summed E-state index contributed by atoms with van der Waals surface area (Å²) in [5.41, 5.74) is 0. The number of aliphatic carboxylic acids is 1. The van der Waals surface area contributed by atoms with Gasteiger partial charge in [0.2, 0.25) is 5.91 Å². The van der Waals surface area contributed by atoms with Crippen molar-refractivity contribution in [3.05, 3.63) is 0 Å². The highest BCUT2D eigenvalue weighted by Crippen LogP contribution is 2.06. The highest BCUT2D eigenvalue weighted by molar-refractivity contribution is 8.00. The lowest BCUT2D eigenvalue weighted by molar-refractivity contribution is -0.133. The van der Waals surface area contributed by atoms with E-state index in [1.54, 1.807) is 0 Å². The zero-order chi connectivity index (χ0) is 12.5. The molecule has 2 N–H and O–H groups in total. The maximum absolute atomic E-state index is 11.3. The zero-order valence-corrected chi connectivity index (χ0v) is 10.8. The van der Waals surface area contributed by atoms with E-state index in [2.05, 4.69) is 10.2 Å². The molecule has 17 heavy (non-hydrogen) atoms. The van der Waals surface area contributed by atoms with Crippen LogP contribution in [-0.4, -0.2) is 59.6 Å². The Bertz CT molecular complexity index is 255. The molecule has 1 rings (SSSR count). The van der Waals surface area contributed by atoms with Gasteiger partial charge in [0, 0.05) is 6.54 Å². The van der Waals surface area contributed by atoms with E-state index in [0.717, 1.165) is 24.7 Å². The van der Waals surface area contributed by atoms with Crippen molar-refractivity contribution in [2.75, 3.05) is 37.7 Å². The van der Waals surface area contributed by atoms with Gasteiger partial charge in [0.25, 0.3) is 0 Å². The highest BCUT2D eigenvalue weighted by Gasteiger charge is 2.10. The van der Waals surface area contributed by atoms with E-state index in [9.17, 15) is 9.59 Å². The summed E-state index contributed by atoms with van der Waals surface area (Å²) < 4.78 is 0. The molecule has 0 aromatic heterocycles. The molecular weight excluding hydrogens is 240 g/mol. The van der Waals surface area contributed by atoms with E-state index < -0.39 is 5.97 Å². The van der Waals surface area contributed by atoms with Crippen molar-refractivity contribution in [1.29, 1.82) is 0 Å². The number of rotatable bonds is 8. The van der Waals surface area contributed by atoms with Crippen LogP contribution < -0.4 is 5.32 Å². The summed E-state index contributed by atoms with van der Waals surface area (Å²) in [5.74, 6) is -0.730. The number of nitrogens with zero attached hydrogens (tertiary/aromatic N) is 1. The third-order valence-electron chi connectivity index (χ3n) is 2.63. The van der Waals surface area contributed by atoms with Crippen LogP contribution in [0.1, 0.15) is 19.3 Å². The van der Waals surface area contributed by atoms with Crippen LogP contribution in [0.5, 0.6) is 0 Å². The molecule has 0 aromatic rings. The first-order chi connectivity index (χ1) is 8.18. The van der Waals surface area contributed by atoms with Crippen molar-refractivity contribution in [3.63, 3.8) is 0 Å². The van der Waals surface area contributed by atoms with Gasteiger partial charge < -0.3 is 15.3 Å². The van der Waals surface area contributed by atoms with Crippen molar-refractivity contribution in [1.82, 2.24) is 10.2 Å². The minimum atomic E-state index is -0.878. The van der Waals surface area contributed by atoms with Crippen LogP contribution in [0.15, 0.2) is 0 Å². The molecule has 1 heterocycles. The Labute approximate surface area is 106 Å². The Morgan fingerprint density at radius 1 is 1.24 bits per heavy atom. The topological polar surface area (TPSA) is 69.6 Å². The Kier molecular flexibility index (Phi) is 7.04. The number of hydrogen-bond donors (Lipinski definition) is 2. The average molecular weight is 260 g/mol. The quantitative estimate of drug-likeness (QED) is 0.619. The van der Waals surface area contributed by atoms with Crippen molar-refractivity contribution < 1.29 is 14.7 Å². The van der Waals surface area contributed by atoms with E-state index in [1.165, 1.54) is 25.9 Å². The van der Waals surface area contributed by atoms with Crippen molar-refractivity contribution >= 4 is 23.6 Å². The molecule has 1 aliphatic rings. The Morgan fingerprint density at radius 2 is 1.94 bits per heavy atom. The Morgan fingerprint density at radius 3 is 2.59 bits per heavy atom. The van der Waals surface area contributed by atoms with Gasteiger partial charge in [0.1, 0.15) is 0 Å². The number of amides is 1. The standard InChI is InChI=1S/C11H20N2O3S/c14-10(8-17-9-11(15)16)12-4-3-7-13-5-1-2-6-13/h1-9H2,(H,12,14)(H,15,16). The molecule has 0 unspecified atom stereocenters. The predicted molar refractivity (Wildman–Crippen MR) is 68.3 cm³/mol. The molecule has 1 amide bonds. The SMILES string of the molecule is O=C(O)CSCC(=O)NCCCN1CCCC1. The summed E-state index contributed by atoms with van der Waals surface area (Å²) in [4.78, 5) is 23.9. The first-order valence-electron chi connectivity index (χ1n) is 5.97. The van der Waals surface area contributed by atoms with Gasteiger partial charge in [-0.15, -0.1) is 11.8 Å². The smallest absolute Gasteiger partial charge is 0.313 e. The molecule has 0 saturated carbocycles. The van der Waals surface area contributed by atoms with Gasteiger partial charge in [-0.2, -0.15) is 0 Å². The molecule has 98 valence electrons. The van der Waals surface area contributed by atoms with Gasteiger partial charge in [-0.25, -0.2) is 0 Å². The molecule has 0 bridgehead atoms. The fourth-order valence-corrected chi connectivity index (χ4v) is 2.38. The van der Waals surface area contributed by atoms with Gasteiger partial charge in [-0.1, -0.05) is 0 Å². The summed E-state index contributed by atoms with van der Waals surface area (Å²) >= 11 is 1.13. The highest BCUT2D eigenvalue weighted by atomic mass is 32.2. The lowest BCUT2D eigenvalue weighted by Gasteiger charge is -2.14. The van der Waals surface area contributed by atoms with Gasteiger partial charge in [0.05, 0.1) is 11.5 Å². The second kappa shape index (κ2) is 8.36. The minimum Gasteiger partial charge on any atom is -0.481 e. The van der Waals surface area contributed by atoms with Crippen molar-refractivity contribution in [3.8, 4) is 0 Å². The minimum absolute atomic E-state index is 0.0127. The number of thioether (sulfide) groups is 1. The number of carbonyl (C=O) groups is 2. The molecule has 1 saturated heterocycles. The normalized spacial score (nSPS) is 16.0. The molecular formula is C11H20N2O3S. The molecule has 1 aliphatic heterocycles. The van der Waals surface area contributed by atoms with Gasteiger partial charge >= 0.3 is 5.97 Å². The van der Waals surface area contributed by atoms with Crippen molar-refractivity contribution in [2.24, 2.45) is 0 Å². The number of nitrogens with one attached hydrogen (secondary N) is 1. The van der Waals surface area contributed by atoms with Crippen LogP contribution in [-0.2, 0) is 9.59 Å². The maximum Gasteiger partial charge on any atom is 0.313 e. The second-order valence-electron chi connectivity index (χ2n) is 4.14. The van der Waals surface area contributed by atoms with Crippen LogP contribution in [0.4, 0.5) is 0 Å². The largest absolute Gasteiger partial charge is 0.481 e. The van der Waals surface area contributed by atoms with E-state index in [4.69, 9.17) is 5.11 Å². The van der Waals surface area contributed by atoms with Crippen LogP contribution in [0.2, 0.25) is 0 Å². The molecule has 0 aromatic carbocycles. The number of carboxylic acid groups (broad SMARTS) is 1. The lowest BCUT2D eigenvalue weighted by atomic mass is 10.4. The zero-order valence-electron chi connectivity index (χ0n) is 9.98. The number of carboxylic acids is 1. The molecule has 1 fully saturated rings. The number of likely N-dealkylation sites (tertiary alicyclic amines) is 1. The van der Waals surface area contributed by atoms with Gasteiger partial charge in [-0.3, -0.25) is 9.59 Å². The molecule has 0 atom stereocenters. The lowest BCUT2D eigenvalue weighted by Crippen LogP contribution is -2.29. The summed E-state index contributed by atoms with van der Waals surface area (Å²) in [5, 5.41) is 11.2. The third-order valence-corrected chi connectivity index (χ3v) is 3.55. The van der Waals surface area contributed by atoms with Crippen LogP contribution in [0.3, 0.4) is 0 Å². The fourth-order valence-electron chi connectivity index (χ4n) is 1.82. The van der Waals surface area contributed by atoms with Gasteiger partial charge in [0.15, 0.2) is 0 Å². The second-order valence-corrected chi connectivity index (χ2v) is 5.12. The van der Waals surface area contributed by atoms with Crippen LogP contribution in [0.25, 0.3) is 0 Å². The molecule has 0 radical (unpaired) electrons. The fraction of sp³-hybridized carbons (Fsp3) is 0.818. The number of hydrogen-bond acceptors (Lipinski definition) is 4. The molecule has 6 heteroatoms. The molecule has 5 nitrogen and oxygen atoms in total. The predicted octanol–water partition coefficient (Wildman–Crippen LogP) is 0.406. The van der Waals surface area contributed by atoms with E-state index in [0.29, 0.717) is 6.54 Å². The summed E-state index contributed by atoms with van der Waals surface area (Å²) in [6.45, 7) is 4.09. The van der Waals surface area contributed by atoms with E-state index in [-0.39, 0.29) is 17.4 Å². The third kappa shape index (κ3) is 7.23. The summed E-state index contributed by atoms with van der Waals surface area (Å²) in [6, 6.07) is 0. The summed E-state index contributed by atoms with van der Waals surface area (Å²) in [6.07, 6.45) is 3.55. The van der Waals surface area contributed by atoms with Crippen LogP contribution in [0, 0.1) is 0 Å². The van der Waals surface area contributed by atoms with Crippen LogP contribution >= 0.6 is 11.8 Å². The monoisotopic (exact) mass is 260 g/mol. The number of carbonyl (C=O) groups excluding carboxylic acids is 1. The van der Waals surface area contributed by atoms with Crippen molar-refractivity contribution in [2.45, 2.75) is 19.3 Å². The first kappa shape index (κ1) is 14.3. The van der Waals surface area contributed by atoms with E-state index in [1.807, 2.05) is 0 Å². The maximum atomic E-state index is 11.3. The van der Waals surface area contributed by atoms with E-state index >= 15 is 0 Å². The Balaban J connectivity index is 1.90. The summed E-state index contributed by atoms with van der Waals surface area (Å²) in [7, 11) is 0. The Hall–Kier alpha value is -0.750.